The van der Waals surface area contributed by atoms with Gasteiger partial charge in [-0.1, -0.05) is 30.3 Å². The molecule has 4 heterocycles. The van der Waals surface area contributed by atoms with Gasteiger partial charge in [0.25, 0.3) is 17.7 Å². The van der Waals surface area contributed by atoms with Crippen LogP contribution in [0.1, 0.15) is 104 Å². The second kappa shape index (κ2) is 22.5. The maximum atomic E-state index is 13.3. The third-order valence-electron chi connectivity index (χ3n) is 11.7. The van der Waals surface area contributed by atoms with Gasteiger partial charge < -0.3 is 28.6 Å². The van der Waals surface area contributed by atoms with Crippen LogP contribution in [0.2, 0.25) is 0 Å². The number of carbonyl (C=O) groups is 7. The summed E-state index contributed by atoms with van der Waals surface area (Å²) in [5, 5.41) is 2.16. The van der Waals surface area contributed by atoms with Crippen LogP contribution < -0.4 is 24.6 Å². The molecular formula is C49H54N6O12. The Labute approximate surface area is 387 Å². The van der Waals surface area contributed by atoms with Gasteiger partial charge in [-0.15, -0.1) is 0 Å². The Morgan fingerprint density at radius 2 is 1.43 bits per heavy atom. The number of methoxy groups -OCH3 is 1. The number of anilines is 3. The number of piperidine rings is 1. The fraction of sp³-hybridized carbons (Fsp3) is 0.408. The summed E-state index contributed by atoms with van der Waals surface area (Å²) in [6.45, 7) is 2.25. The molecule has 0 radical (unpaired) electrons. The van der Waals surface area contributed by atoms with Crippen molar-refractivity contribution in [1.29, 1.82) is 0 Å². The van der Waals surface area contributed by atoms with Gasteiger partial charge in [-0.3, -0.25) is 48.7 Å². The minimum absolute atomic E-state index is 0.000316. The molecule has 1 saturated heterocycles. The number of rotatable bonds is 24. The smallest absolute Gasteiger partial charge is 0.266 e. The van der Waals surface area contributed by atoms with Crippen molar-refractivity contribution in [2.45, 2.75) is 63.8 Å². The van der Waals surface area contributed by atoms with Crippen LogP contribution in [0.3, 0.4) is 0 Å². The molecule has 3 aliphatic heterocycles. The van der Waals surface area contributed by atoms with Crippen LogP contribution in [-0.4, -0.2) is 129 Å². The molecule has 3 aromatic carbocycles. The number of para-hydroxylation sites is 1. The number of amides is 5. The van der Waals surface area contributed by atoms with Crippen molar-refractivity contribution in [2.75, 3.05) is 77.3 Å². The first kappa shape index (κ1) is 48.1. The van der Waals surface area contributed by atoms with E-state index >= 15 is 0 Å². The van der Waals surface area contributed by atoms with Crippen LogP contribution >= 0.6 is 0 Å². The summed E-state index contributed by atoms with van der Waals surface area (Å²) in [5.41, 5.74) is 3.52. The van der Waals surface area contributed by atoms with Crippen molar-refractivity contribution >= 4 is 58.3 Å². The van der Waals surface area contributed by atoms with E-state index in [4.69, 9.17) is 28.7 Å². The molecule has 0 saturated carbocycles. The predicted octanol–water partition coefficient (Wildman–Crippen LogP) is 5.06. The first-order chi connectivity index (χ1) is 32.5. The highest BCUT2D eigenvalue weighted by molar-refractivity contribution is 6.24. The number of aromatic nitrogens is 2. The number of imide groups is 2. The van der Waals surface area contributed by atoms with E-state index in [2.05, 4.69) is 10.3 Å². The number of ketones is 2. The Morgan fingerprint density at radius 3 is 2.16 bits per heavy atom. The highest BCUT2D eigenvalue weighted by atomic mass is 16.5. The van der Waals surface area contributed by atoms with Crippen LogP contribution in [0.4, 0.5) is 17.2 Å². The lowest BCUT2D eigenvalue weighted by Crippen LogP contribution is -2.54. The summed E-state index contributed by atoms with van der Waals surface area (Å²) in [6, 6.07) is 16.2. The van der Waals surface area contributed by atoms with E-state index in [9.17, 15) is 33.6 Å². The monoisotopic (exact) mass is 918 g/mol. The minimum Gasteiger partial charge on any atom is -0.496 e. The molecule has 3 aliphatic rings. The molecule has 4 aromatic rings. The zero-order valence-electron chi connectivity index (χ0n) is 37.9. The number of hydrogen-bond acceptors (Lipinski definition) is 15. The largest absolute Gasteiger partial charge is 0.496 e. The summed E-state index contributed by atoms with van der Waals surface area (Å²) >= 11 is 0. The Balaban J connectivity index is 0.714. The molecule has 1 aromatic heterocycles. The molecule has 352 valence electrons. The number of nitrogens with zero attached hydrogens (tertiary/aromatic N) is 5. The van der Waals surface area contributed by atoms with Crippen molar-refractivity contribution in [2.24, 2.45) is 0 Å². The van der Waals surface area contributed by atoms with E-state index in [1.165, 1.54) is 12.1 Å². The van der Waals surface area contributed by atoms with Crippen LogP contribution in [0.15, 0.2) is 66.9 Å². The van der Waals surface area contributed by atoms with Gasteiger partial charge in [-0.25, -0.2) is 9.97 Å². The van der Waals surface area contributed by atoms with Crippen molar-refractivity contribution in [3.8, 4) is 11.5 Å². The molecule has 18 nitrogen and oxygen atoms in total. The summed E-state index contributed by atoms with van der Waals surface area (Å²) < 4.78 is 28.2. The Morgan fingerprint density at radius 1 is 0.731 bits per heavy atom. The van der Waals surface area contributed by atoms with Crippen molar-refractivity contribution < 1.29 is 57.2 Å². The van der Waals surface area contributed by atoms with E-state index < -0.39 is 29.7 Å². The average Bonchev–Trinajstić information content (AvgIpc) is 3.55. The number of nitrogens with one attached hydrogen (secondary N) is 1. The number of fused-ring (bicyclic) bond motifs is 3. The van der Waals surface area contributed by atoms with E-state index in [1.807, 2.05) is 36.2 Å². The Hall–Kier alpha value is -6.89. The lowest BCUT2D eigenvalue weighted by molar-refractivity contribution is -0.136. The number of hydrogen-bond donors (Lipinski definition) is 1. The lowest BCUT2D eigenvalue weighted by Gasteiger charge is -2.27. The first-order valence-corrected chi connectivity index (χ1v) is 22.4. The van der Waals surface area contributed by atoms with E-state index in [-0.39, 0.29) is 60.2 Å². The van der Waals surface area contributed by atoms with Crippen molar-refractivity contribution in [1.82, 2.24) is 20.2 Å². The van der Waals surface area contributed by atoms with Gasteiger partial charge in [0.1, 0.15) is 35.7 Å². The van der Waals surface area contributed by atoms with Gasteiger partial charge in [0.05, 0.1) is 62.1 Å². The molecule has 0 aliphatic carbocycles. The van der Waals surface area contributed by atoms with Crippen molar-refractivity contribution in [3.63, 3.8) is 0 Å². The van der Waals surface area contributed by atoms with Gasteiger partial charge in [-0.05, 0) is 62.4 Å². The quantitative estimate of drug-likeness (QED) is 0.0553. The highest BCUT2D eigenvalue weighted by Gasteiger charge is 2.46. The van der Waals surface area contributed by atoms with Crippen LogP contribution in [-0.2, 0) is 35.0 Å². The molecule has 1 unspecified atom stereocenters. The predicted molar refractivity (Wildman–Crippen MR) is 243 cm³/mol. The number of benzene rings is 3. The minimum atomic E-state index is -1.09. The van der Waals surface area contributed by atoms with Crippen LogP contribution in [0.25, 0.3) is 0 Å². The number of carbonyl (C=O) groups excluding carboxylic acids is 7. The molecular weight excluding hydrogens is 865 g/mol. The molecule has 0 spiro atoms. The standard InChI is InChI=1S/C49H54N6O12/c1-53-36-14-5-4-12-34(36)47(60)54(2)45-38(53)29-50-42(51-45)28-32-18-17-31(27-41(32)63-3)39(57)15-7-9-22-65-24-26-66-25-23-64-21-8-6-11-33(56)30-67-40-16-10-13-35-44(40)49(62)55(48(35)61)37-19-20-43(58)52-46(37)59/h4-5,10,12-14,16-18,27,29,37H,6-9,11,15,19-26,28,30H2,1-3H3,(H,52,58,59). The zero-order valence-corrected chi connectivity index (χ0v) is 37.9. The summed E-state index contributed by atoms with van der Waals surface area (Å²) in [6.07, 6.45) is 5.32. The maximum Gasteiger partial charge on any atom is 0.266 e. The van der Waals surface area contributed by atoms with Crippen molar-refractivity contribution in [3.05, 3.63) is 101 Å². The SMILES string of the molecule is COc1cc(C(=O)CCCCOCCOCCOCCCCC(=O)COc2cccc3c2C(=O)N(C2CCC(=O)NC2=O)C3=O)ccc1Cc1ncc2c(n1)N(C)C(=O)c1ccccc1N2C. The van der Waals surface area contributed by atoms with Crippen LogP contribution in [0, 0.1) is 0 Å². The van der Waals surface area contributed by atoms with Crippen LogP contribution in [0.5, 0.6) is 11.5 Å². The van der Waals surface area contributed by atoms with E-state index in [0.717, 1.165) is 16.2 Å². The fourth-order valence-electron chi connectivity index (χ4n) is 8.10. The Bertz CT molecular complexity index is 2530. The maximum absolute atomic E-state index is 13.3. The highest BCUT2D eigenvalue weighted by Crippen LogP contribution is 2.38. The lowest BCUT2D eigenvalue weighted by atomic mass is 10.0. The first-order valence-electron chi connectivity index (χ1n) is 22.4. The molecule has 0 bridgehead atoms. The molecule has 1 fully saturated rings. The molecule has 1 N–H and O–H groups in total. The number of Topliss-reactive ketones (excluding diaryl/α,β-unsaturated/α-hetero) is 2. The van der Waals surface area contributed by atoms with E-state index in [0.29, 0.717) is 112 Å². The summed E-state index contributed by atoms with van der Waals surface area (Å²) in [5.74, 6) is -1.18. The summed E-state index contributed by atoms with van der Waals surface area (Å²) in [7, 11) is 5.15. The van der Waals surface area contributed by atoms with Gasteiger partial charge in [0, 0.05) is 64.1 Å². The molecule has 67 heavy (non-hydrogen) atoms. The number of unbranched alkanes of at least 4 members (excludes halogenated alkanes) is 2. The van der Waals surface area contributed by atoms with Gasteiger partial charge >= 0.3 is 0 Å². The molecule has 5 amide bonds. The zero-order chi connectivity index (χ0) is 47.5. The van der Waals surface area contributed by atoms with Gasteiger partial charge in [0.2, 0.25) is 11.8 Å². The molecule has 1 atom stereocenters. The molecule has 18 heteroatoms. The fourth-order valence-corrected chi connectivity index (χ4v) is 8.10. The van der Waals surface area contributed by atoms with E-state index in [1.54, 1.807) is 49.5 Å². The normalized spacial score (nSPS) is 15.5. The number of ether oxygens (including phenoxy) is 5. The second-order valence-corrected chi connectivity index (χ2v) is 16.3. The summed E-state index contributed by atoms with van der Waals surface area (Å²) in [4.78, 5) is 103. The third-order valence-corrected chi connectivity index (χ3v) is 11.7. The average molecular weight is 919 g/mol. The topological polar surface area (TPSA) is 213 Å². The third kappa shape index (κ3) is 11.4. The van der Waals surface area contributed by atoms with Gasteiger partial charge in [-0.2, -0.15) is 0 Å². The van der Waals surface area contributed by atoms with Gasteiger partial charge in [0.15, 0.2) is 17.4 Å². The Kier molecular flexibility index (Phi) is 16.2. The molecule has 7 rings (SSSR count). The second-order valence-electron chi connectivity index (χ2n) is 16.3.